The predicted octanol–water partition coefficient (Wildman–Crippen LogP) is 3.00. The Labute approximate surface area is 212 Å². The second kappa shape index (κ2) is 9.76. The van der Waals surface area contributed by atoms with Crippen molar-refractivity contribution in [1.29, 1.82) is 0 Å². The van der Waals surface area contributed by atoms with Gasteiger partial charge in [0.1, 0.15) is 11.6 Å². The molecule has 4 rings (SSSR count). The molecule has 1 aromatic rings. The van der Waals surface area contributed by atoms with Gasteiger partial charge in [0.2, 0.25) is 11.8 Å². The van der Waals surface area contributed by atoms with E-state index in [9.17, 15) is 19.5 Å². The van der Waals surface area contributed by atoms with Crippen LogP contribution in [0.2, 0.25) is 5.02 Å². The number of hydrogen-bond donors (Lipinski definition) is 2. The summed E-state index contributed by atoms with van der Waals surface area (Å²) in [6, 6.07) is 5.20. The fraction of sp³-hybridized carbons (Fsp3) is 0.625. The van der Waals surface area contributed by atoms with Gasteiger partial charge >= 0.3 is 5.97 Å². The third-order valence-corrected chi connectivity index (χ3v) is 8.19. The first-order chi connectivity index (χ1) is 16.2. The number of aliphatic hydroxyl groups excluding tert-OH is 1. The maximum atomic E-state index is 13.9. The summed E-state index contributed by atoms with van der Waals surface area (Å²) >= 11 is 9.89. The van der Waals surface area contributed by atoms with Crippen molar-refractivity contribution < 1.29 is 29.0 Å². The van der Waals surface area contributed by atoms with E-state index in [-0.39, 0.29) is 29.9 Å². The van der Waals surface area contributed by atoms with Gasteiger partial charge in [0.15, 0.2) is 0 Å². The Morgan fingerprint density at radius 1 is 1.38 bits per heavy atom. The number of hydrogen-bond acceptors (Lipinski definition) is 6. The number of alkyl halides is 1. The quantitative estimate of drug-likeness (QED) is 0.376. The van der Waals surface area contributed by atoms with E-state index >= 15 is 0 Å². The zero-order valence-electron chi connectivity index (χ0n) is 19.4. The number of carbonyl (C=O) groups is 3. The number of benzene rings is 1. The van der Waals surface area contributed by atoms with Gasteiger partial charge in [-0.25, -0.2) is 0 Å². The number of para-hydroxylation sites is 1. The van der Waals surface area contributed by atoms with Gasteiger partial charge in [-0.3, -0.25) is 14.4 Å². The molecule has 2 bridgehead atoms. The van der Waals surface area contributed by atoms with Gasteiger partial charge in [-0.2, -0.15) is 0 Å². The highest BCUT2D eigenvalue weighted by molar-refractivity contribution is 9.09. The highest BCUT2D eigenvalue weighted by Gasteiger charge is 2.77. The number of esters is 1. The maximum absolute atomic E-state index is 13.9. The fourth-order valence-electron chi connectivity index (χ4n) is 5.85. The fourth-order valence-corrected chi connectivity index (χ4v) is 6.98. The summed E-state index contributed by atoms with van der Waals surface area (Å²) in [6.07, 6.45) is 0.288. The van der Waals surface area contributed by atoms with Gasteiger partial charge in [-0.05, 0) is 37.8 Å². The van der Waals surface area contributed by atoms with Crippen LogP contribution < -0.4 is 5.32 Å². The first-order valence-electron chi connectivity index (χ1n) is 11.6. The van der Waals surface area contributed by atoms with Crippen LogP contribution in [0.4, 0.5) is 5.69 Å². The lowest BCUT2D eigenvalue weighted by molar-refractivity contribution is -0.155. The molecule has 3 saturated heterocycles. The first-order valence-corrected chi connectivity index (χ1v) is 12.9. The largest absolute Gasteiger partial charge is 0.466 e. The second-order valence-electron chi connectivity index (χ2n) is 9.60. The lowest BCUT2D eigenvalue weighted by Crippen LogP contribution is -2.56. The Morgan fingerprint density at radius 2 is 2.09 bits per heavy atom. The minimum atomic E-state index is -1.22. The summed E-state index contributed by atoms with van der Waals surface area (Å²) in [6.45, 7) is 5.54. The minimum Gasteiger partial charge on any atom is -0.466 e. The number of amides is 2. The number of rotatable bonds is 8. The topological polar surface area (TPSA) is 105 Å². The van der Waals surface area contributed by atoms with Crippen LogP contribution in [0.15, 0.2) is 24.3 Å². The van der Waals surface area contributed by atoms with Gasteiger partial charge in [0, 0.05) is 4.83 Å². The van der Waals surface area contributed by atoms with Crippen molar-refractivity contribution in [1.82, 2.24) is 4.90 Å². The van der Waals surface area contributed by atoms with Gasteiger partial charge < -0.3 is 24.8 Å². The number of nitrogens with one attached hydrogen (secondary N) is 1. The van der Waals surface area contributed by atoms with E-state index in [0.29, 0.717) is 23.6 Å². The molecule has 0 radical (unpaired) electrons. The summed E-state index contributed by atoms with van der Waals surface area (Å²) < 4.78 is 11.7. The molecular weight excluding hydrogens is 528 g/mol. The molecule has 1 unspecified atom stereocenters. The molecule has 1 aromatic carbocycles. The number of fused-ring (bicyclic) bond motifs is 1. The average Bonchev–Trinajstić information content (AvgIpc) is 3.37. The van der Waals surface area contributed by atoms with E-state index in [2.05, 4.69) is 21.2 Å². The summed E-state index contributed by atoms with van der Waals surface area (Å²) in [4.78, 5) is 41.9. The van der Waals surface area contributed by atoms with Crippen molar-refractivity contribution in [2.45, 2.75) is 62.2 Å². The highest BCUT2D eigenvalue weighted by atomic mass is 79.9. The number of anilines is 1. The van der Waals surface area contributed by atoms with E-state index < -0.39 is 47.5 Å². The molecule has 10 heteroatoms. The number of halogens is 2. The van der Waals surface area contributed by atoms with Gasteiger partial charge in [0.05, 0.1) is 47.9 Å². The standard InChI is InChI=1S/C24H30BrClN2O6/c1-4-33-23(32)17-18-22(31)28(13(11-29)9-12(2)3)20(24(18)10-14(25)19(17)34-24)21(30)27-16-8-6-5-7-15(16)26/h5-8,12-14,17-20,29H,4,9-11H2,1-3H3,(H,27,30)/t13-,14?,17-,18+,19-,20-,24+/m1/s1. The Bertz CT molecular complexity index is 977. The Balaban J connectivity index is 1.78. The van der Waals surface area contributed by atoms with Crippen LogP contribution in [0.25, 0.3) is 0 Å². The number of ether oxygens (including phenoxy) is 2. The Hall–Kier alpha value is -1.68. The van der Waals surface area contributed by atoms with Gasteiger partial charge in [0.25, 0.3) is 0 Å². The van der Waals surface area contributed by atoms with Crippen molar-refractivity contribution >= 4 is 51.0 Å². The molecule has 2 amide bonds. The second-order valence-corrected chi connectivity index (χ2v) is 11.2. The van der Waals surface area contributed by atoms with Crippen molar-refractivity contribution in [3.8, 4) is 0 Å². The number of carbonyl (C=O) groups excluding carboxylic acids is 3. The number of likely N-dealkylation sites (tertiary alicyclic amines) is 1. The van der Waals surface area contributed by atoms with Crippen molar-refractivity contribution in [2.24, 2.45) is 17.8 Å². The van der Waals surface area contributed by atoms with Gasteiger partial charge in [-0.15, -0.1) is 0 Å². The van der Waals surface area contributed by atoms with E-state index in [0.717, 1.165) is 0 Å². The maximum Gasteiger partial charge on any atom is 0.312 e. The smallest absolute Gasteiger partial charge is 0.312 e. The van der Waals surface area contributed by atoms with Crippen LogP contribution in [0, 0.1) is 17.8 Å². The minimum absolute atomic E-state index is 0.164. The van der Waals surface area contributed by atoms with E-state index in [1.807, 2.05) is 13.8 Å². The molecule has 0 aromatic heterocycles. The van der Waals surface area contributed by atoms with Crippen LogP contribution in [-0.2, 0) is 23.9 Å². The molecule has 7 atom stereocenters. The SMILES string of the molecule is CCOC(=O)[C@H]1[C@@H]2O[C@@]3(CC2Br)[C@@H]1C(=O)N([C@@H](CO)CC(C)C)[C@@H]3C(=O)Nc1ccccc1Cl. The van der Waals surface area contributed by atoms with Crippen molar-refractivity contribution in [3.63, 3.8) is 0 Å². The molecule has 3 heterocycles. The molecule has 2 N–H and O–H groups in total. The van der Waals surface area contributed by atoms with Crippen LogP contribution in [-0.4, -0.2) is 69.6 Å². The third-order valence-electron chi connectivity index (χ3n) is 7.01. The molecule has 0 aliphatic carbocycles. The summed E-state index contributed by atoms with van der Waals surface area (Å²) in [5, 5.41) is 13.5. The van der Waals surface area contributed by atoms with Crippen LogP contribution >= 0.6 is 27.5 Å². The van der Waals surface area contributed by atoms with E-state index in [1.54, 1.807) is 31.2 Å². The van der Waals surface area contributed by atoms with E-state index in [4.69, 9.17) is 21.1 Å². The van der Waals surface area contributed by atoms with Crippen LogP contribution in [0.5, 0.6) is 0 Å². The van der Waals surface area contributed by atoms with Crippen LogP contribution in [0.3, 0.4) is 0 Å². The molecule has 34 heavy (non-hydrogen) atoms. The summed E-state index contributed by atoms with van der Waals surface area (Å²) in [7, 11) is 0. The van der Waals surface area contributed by atoms with Gasteiger partial charge in [-0.1, -0.05) is 53.5 Å². The zero-order valence-corrected chi connectivity index (χ0v) is 21.7. The molecule has 3 aliphatic rings. The zero-order chi connectivity index (χ0) is 24.8. The molecule has 0 saturated carbocycles. The average molecular weight is 558 g/mol. The third kappa shape index (κ3) is 4.04. The molecular formula is C24H30BrClN2O6. The number of nitrogens with zero attached hydrogens (tertiary/aromatic N) is 1. The molecule has 8 nitrogen and oxygen atoms in total. The molecule has 3 fully saturated rings. The van der Waals surface area contributed by atoms with Crippen molar-refractivity contribution in [3.05, 3.63) is 29.3 Å². The predicted molar refractivity (Wildman–Crippen MR) is 130 cm³/mol. The molecule has 186 valence electrons. The lowest BCUT2D eigenvalue weighted by atomic mass is 9.70. The highest BCUT2D eigenvalue weighted by Crippen LogP contribution is 2.60. The summed E-state index contributed by atoms with van der Waals surface area (Å²) in [5.74, 6) is -2.86. The summed E-state index contributed by atoms with van der Waals surface area (Å²) in [5.41, 5.74) is -0.806. The Morgan fingerprint density at radius 3 is 2.71 bits per heavy atom. The lowest BCUT2D eigenvalue weighted by Gasteiger charge is -2.37. The van der Waals surface area contributed by atoms with Crippen molar-refractivity contribution in [2.75, 3.05) is 18.5 Å². The first kappa shape index (κ1) is 25.4. The van der Waals surface area contributed by atoms with Crippen LogP contribution in [0.1, 0.15) is 33.6 Å². The molecule has 3 aliphatic heterocycles. The normalized spacial score (nSPS) is 32.7. The molecule has 1 spiro atoms. The number of aliphatic hydroxyl groups is 1. The monoisotopic (exact) mass is 556 g/mol. The van der Waals surface area contributed by atoms with E-state index in [1.165, 1.54) is 4.90 Å². The Kier molecular flexibility index (Phi) is 7.29.